The van der Waals surface area contributed by atoms with Crippen molar-refractivity contribution in [2.75, 3.05) is 44.2 Å². The van der Waals surface area contributed by atoms with Gasteiger partial charge in [0.15, 0.2) is 0 Å². The van der Waals surface area contributed by atoms with Gasteiger partial charge in [-0.1, -0.05) is 0 Å². The van der Waals surface area contributed by atoms with Gasteiger partial charge in [0.25, 0.3) is 0 Å². The molecule has 0 atom stereocenters. The predicted molar refractivity (Wildman–Crippen MR) is 75.5 cm³/mol. The van der Waals surface area contributed by atoms with Crippen LogP contribution in [0.1, 0.15) is 0 Å². The van der Waals surface area contributed by atoms with E-state index >= 15 is 0 Å². The molecular weight excluding hydrogens is 300 g/mol. The molecule has 0 saturated carbocycles. The maximum Gasteiger partial charge on any atom is 0.387 e. The van der Waals surface area contributed by atoms with E-state index in [1.54, 1.807) is 0 Å². The molecule has 1 N–H and O–H groups in total. The molecule has 1 aromatic carbocycles. The van der Waals surface area contributed by atoms with Crippen molar-refractivity contribution >= 4 is 11.4 Å². The summed E-state index contributed by atoms with van der Waals surface area (Å²) in [5, 5.41) is 19.7. The zero-order chi connectivity index (χ0) is 16.1. The number of ether oxygens (including phenoxy) is 1. The fourth-order valence-electron chi connectivity index (χ4n) is 2.41. The fraction of sp³-hybridized carbons (Fsp3) is 0.538. The normalized spacial score (nSPS) is 16.1. The second kappa shape index (κ2) is 7.32. The molecule has 0 unspecified atom stereocenters. The van der Waals surface area contributed by atoms with Gasteiger partial charge in [-0.05, 0) is 6.07 Å². The number of alkyl halides is 2. The van der Waals surface area contributed by atoms with Gasteiger partial charge >= 0.3 is 12.3 Å². The number of β-amino-alcohol motifs (C(OH)–C–C–N with tert-alkyl or cyclic N) is 1. The Bertz CT molecular complexity index is 522. The number of anilines is 1. The van der Waals surface area contributed by atoms with E-state index in [0.29, 0.717) is 25.3 Å². The molecule has 1 aromatic rings. The molecule has 0 spiro atoms. The maximum absolute atomic E-state index is 12.4. The SMILES string of the molecule is O=[N+]([O-])c1ccc(N2CCN(CCO)CC2)cc1OC(F)F. The molecule has 1 aliphatic rings. The Balaban J connectivity index is 2.13. The number of nitro benzene ring substituents is 1. The largest absolute Gasteiger partial charge is 0.427 e. The smallest absolute Gasteiger partial charge is 0.387 e. The van der Waals surface area contributed by atoms with Crippen molar-refractivity contribution < 1.29 is 23.5 Å². The Morgan fingerprint density at radius 1 is 1.32 bits per heavy atom. The summed E-state index contributed by atoms with van der Waals surface area (Å²) >= 11 is 0. The van der Waals surface area contributed by atoms with E-state index in [4.69, 9.17) is 5.11 Å². The standard InChI is InChI=1S/C13H17F2N3O4/c14-13(15)22-12-9-10(1-2-11(12)18(20)21)17-5-3-16(4-6-17)7-8-19/h1-2,9,13,19H,3-8H2. The molecule has 1 aliphatic heterocycles. The monoisotopic (exact) mass is 317 g/mol. The van der Waals surface area contributed by atoms with Crippen LogP contribution < -0.4 is 9.64 Å². The van der Waals surface area contributed by atoms with Crippen LogP contribution >= 0.6 is 0 Å². The number of nitro groups is 1. The van der Waals surface area contributed by atoms with E-state index in [1.165, 1.54) is 18.2 Å². The zero-order valence-corrected chi connectivity index (χ0v) is 11.8. The molecule has 122 valence electrons. The molecule has 1 saturated heterocycles. The lowest BCUT2D eigenvalue weighted by Crippen LogP contribution is -2.47. The summed E-state index contributed by atoms with van der Waals surface area (Å²) in [5.74, 6) is -0.435. The van der Waals surface area contributed by atoms with Crippen molar-refractivity contribution in [2.45, 2.75) is 6.61 Å². The van der Waals surface area contributed by atoms with E-state index < -0.39 is 23.0 Å². The number of rotatable bonds is 6. The molecule has 0 aromatic heterocycles. The summed E-state index contributed by atoms with van der Waals surface area (Å²) in [6.07, 6.45) is 0. The van der Waals surface area contributed by atoms with Crippen molar-refractivity contribution in [3.63, 3.8) is 0 Å². The van der Waals surface area contributed by atoms with Crippen LogP contribution in [0.5, 0.6) is 5.75 Å². The second-order valence-electron chi connectivity index (χ2n) is 4.84. The predicted octanol–water partition coefficient (Wildman–Crippen LogP) is 1.31. The number of aliphatic hydroxyl groups is 1. The van der Waals surface area contributed by atoms with Crippen LogP contribution in [0.4, 0.5) is 20.2 Å². The van der Waals surface area contributed by atoms with Crippen molar-refractivity contribution in [3.8, 4) is 5.75 Å². The van der Waals surface area contributed by atoms with Crippen LogP contribution in [0, 0.1) is 10.1 Å². The quantitative estimate of drug-likeness (QED) is 0.629. The van der Waals surface area contributed by atoms with Crippen LogP contribution in [0.25, 0.3) is 0 Å². The minimum Gasteiger partial charge on any atom is -0.427 e. The lowest BCUT2D eigenvalue weighted by atomic mass is 10.2. The number of benzene rings is 1. The van der Waals surface area contributed by atoms with Crippen LogP contribution in [-0.2, 0) is 0 Å². The third-order valence-electron chi connectivity index (χ3n) is 3.51. The molecule has 9 heteroatoms. The number of piperazine rings is 1. The average Bonchev–Trinajstić information content (AvgIpc) is 2.47. The molecule has 1 fully saturated rings. The minimum absolute atomic E-state index is 0.0872. The van der Waals surface area contributed by atoms with Crippen molar-refractivity contribution in [2.24, 2.45) is 0 Å². The highest BCUT2D eigenvalue weighted by Gasteiger charge is 2.22. The maximum atomic E-state index is 12.4. The van der Waals surface area contributed by atoms with Crippen LogP contribution in [0.15, 0.2) is 18.2 Å². The van der Waals surface area contributed by atoms with Gasteiger partial charge in [0, 0.05) is 50.5 Å². The lowest BCUT2D eigenvalue weighted by Gasteiger charge is -2.35. The van der Waals surface area contributed by atoms with E-state index in [2.05, 4.69) is 9.64 Å². The summed E-state index contributed by atoms with van der Waals surface area (Å²) in [4.78, 5) is 14.1. The summed E-state index contributed by atoms with van der Waals surface area (Å²) < 4.78 is 29.0. The molecule has 0 radical (unpaired) electrons. The van der Waals surface area contributed by atoms with Crippen molar-refractivity contribution in [3.05, 3.63) is 28.3 Å². The summed E-state index contributed by atoms with van der Waals surface area (Å²) in [5.41, 5.74) is 0.118. The van der Waals surface area contributed by atoms with E-state index in [9.17, 15) is 18.9 Å². The number of halogens is 2. The second-order valence-corrected chi connectivity index (χ2v) is 4.84. The first kappa shape index (κ1) is 16.4. The first-order chi connectivity index (χ1) is 10.5. The van der Waals surface area contributed by atoms with Crippen LogP contribution in [0.2, 0.25) is 0 Å². The van der Waals surface area contributed by atoms with Gasteiger partial charge in [0.05, 0.1) is 11.5 Å². The Morgan fingerprint density at radius 2 is 2.00 bits per heavy atom. The molecule has 0 bridgehead atoms. The topological polar surface area (TPSA) is 79.1 Å². The van der Waals surface area contributed by atoms with Gasteiger partial charge in [0.1, 0.15) is 0 Å². The lowest BCUT2D eigenvalue weighted by molar-refractivity contribution is -0.386. The fourth-order valence-corrected chi connectivity index (χ4v) is 2.41. The van der Waals surface area contributed by atoms with Gasteiger partial charge < -0.3 is 14.7 Å². The Labute approximate surface area is 125 Å². The summed E-state index contributed by atoms with van der Waals surface area (Å²) in [7, 11) is 0. The van der Waals surface area contributed by atoms with E-state index in [0.717, 1.165) is 13.1 Å². The zero-order valence-electron chi connectivity index (χ0n) is 11.8. The molecule has 22 heavy (non-hydrogen) atoms. The number of hydrogen-bond acceptors (Lipinski definition) is 6. The first-order valence-corrected chi connectivity index (χ1v) is 6.82. The van der Waals surface area contributed by atoms with Gasteiger partial charge in [0.2, 0.25) is 5.75 Å². The highest BCUT2D eigenvalue weighted by molar-refractivity contribution is 5.59. The molecule has 1 heterocycles. The first-order valence-electron chi connectivity index (χ1n) is 6.82. The van der Waals surface area contributed by atoms with Crippen molar-refractivity contribution in [1.82, 2.24) is 4.90 Å². The van der Waals surface area contributed by atoms with Gasteiger partial charge in [-0.25, -0.2) is 0 Å². The van der Waals surface area contributed by atoms with Gasteiger partial charge in [-0.2, -0.15) is 8.78 Å². The van der Waals surface area contributed by atoms with Crippen LogP contribution in [0.3, 0.4) is 0 Å². The van der Waals surface area contributed by atoms with Crippen molar-refractivity contribution in [1.29, 1.82) is 0 Å². The molecule has 0 amide bonds. The van der Waals surface area contributed by atoms with E-state index in [1.807, 2.05) is 4.90 Å². The third kappa shape index (κ3) is 4.01. The van der Waals surface area contributed by atoms with Crippen LogP contribution in [-0.4, -0.2) is 60.9 Å². The number of aliphatic hydroxyl groups excluding tert-OH is 1. The molecular formula is C13H17F2N3O4. The minimum atomic E-state index is -3.12. The highest BCUT2D eigenvalue weighted by atomic mass is 19.3. The van der Waals surface area contributed by atoms with E-state index in [-0.39, 0.29) is 6.61 Å². The molecule has 0 aliphatic carbocycles. The average molecular weight is 317 g/mol. The number of hydrogen-bond donors (Lipinski definition) is 1. The summed E-state index contributed by atoms with van der Waals surface area (Å²) in [6.45, 7) is 0.302. The highest BCUT2D eigenvalue weighted by Crippen LogP contribution is 2.33. The van der Waals surface area contributed by atoms with Gasteiger partial charge in [-0.3, -0.25) is 15.0 Å². The Morgan fingerprint density at radius 3 is 2.55 bits per heavy atom. The summed E-state index contributed by atoms with van der Waals surface area (Å²) in [6, 6.07) is 3.97. The molecule has 2 rings (SSSR count). The molecule has 7 nitrogen and oxygen atoms in total. The Hall–Kier alpha value is -2.00. The third-order valence-corrected chi connectivity index (χ3v) is 3.51. The van der Waals surface area contributed by atoms with Gasteiger partial charge in [-0.15, -0.1) is 0 Å². The number of nitrogens with zero attached hydrogens (tertiary/aromatic N) is 3. The Kier molecular flexibility index (Phi) is 5.45.